The summed E-state index contributed by atoms with van der Waals surface area (Å²) in [6.07, 6.45) is 3.61. The maximum Gasteiger partial charge on any atom is 0.274 e. The number of rotatable bonds is 9. The fourth-order valence-electron chi connectivity index (χ4n) is 4.31. The second-order valence-electron chi connectivity index (χ2n) is 9.35. The Morgan fingerprint density at radius 1 is 0.975 bits per heavy atom. The summed E-state index contributed by atoms with van der Waals surface area (Å²) in [5.74, 6) is -0.166. The number of pyridine rings is 1. The molecule has 0 atom stereocenters. The number of carbonyl (C=O) groups excluding carboxylic acids is 1. The maximum atomic E-state index is 13.5. The molecule has 0 fully saturated rings. The lowest BCUT2D eigenvalue weighted by Crippen LogP contribution is -2.29. The van der Waals surface area contributed by atoms with Crippen molar-refractivity contribution in [1.29, 1.82) is 0 Å². The molecule has 5 rings (SSSR count). The lowest BCUT2D eigenvalue weighted by atomic mass is 10.2. The quantitative estimate of drug-likeness (QED) is 0.134. The van der Waals surface area contributed by atoms with Crippen LogP contribution in [0.25, 0.3) is 26.7 Å². The van der Waals surface area contributed by atoms with Crippen molar-refractivity contribution in [3.8, 4) is 26.7 Å². The Morgan fingerprint density at radius 3 is 2.50 bits per heavy atom. The number of hydrogen-bond acceptors (Lipinski definition) is 6. The number of aromatic nitrogens is 3. The van der Waals surface area contributed by atoms with E-state index in [0.717, 1.165) is 42.4 Å². The largest absolute Gasteiger partial charge is 0.340 e. The molecule has 7 nitrogen and oxygen atoms in total. The van der Waals surface area contributed by atoms with Gasteiger partial charge in [0, 0.05) is 47.5 Å². The minimum atomic E-state index is -3.32. The molecule has 204 valence electrons. The zero-order valence-electron chi connectivity index (χ0n) is 22.0. The molecule has 0 bridgehead atoms. The summed E-state index contributed by atoms with van der Waals surface area (Å²) in [4.78, 5) is 21.6. The molecular formula is C30H27IN4O3S2. The molecule has 0 saturated carbocycles. The number of thiophene rings is 1. The Kier molecular flexibility index (Phi) is 8.48. The molecule has 3 aromatic heterocycles. The normalized spacial score (nSPS) is 11.5. The van der Waals surface area contributed by atoms with Crippen molar-refractivity contribution in [2.75, 3.05) is 19.8 Å². The first-order valence-electron chi connectivity index (χ1n) is 12.5. The van der Waals surface area contributed by atoms with Gasteiger partial charge in [-0.25, -0.2) is 13.1 Å². The van der Waals surface area contributed by atoms with E-state index in [2.05, 4.69) is 33.6 Å². The van der Waals surface area contributed by atoms with E-state index in [0.29, 0.717) is 18.7 Å². The number of amides is 1. The summed E-state index contributed by atoms with van der Waals surface area (Å²) < 4.78 is 26.8. The van der Waals surface area contributed by atoms with Crippen molar-refractivity contribution in [1.82, 2.24) is 19.7 Å². The third-order valence-corrected chi connectivity index (χ3v) is 9.56. The van der Waals surface area contributed by atoms with Crippen LogP contribution in [0, 0.1) is 0 Å². The second-order valence-corrected chi connectivity index (χ2v) is 13.2. The van der Waals surface area contributed by atoms with Gasteiger partial charge in [-0.1, -0.05) is 59.0 Å². The van der Waals surface area contributed by atoms with Gasteiger partial charge < -0.3 is 4.90 Å². The summed E-state index contributed by atoms with van der Waals surface area (Å²) in [6, 6.07) is 26.6. The van der Waals surface area contributed by atoms with E-state index >= 15 is 0 Å². The van der Waals surface area contributed by atoms with E-state index < -0.39 is 9.84 Å². The third kappa shape index (κ3) is 6.18. The van der Waals surface area contributed by atoms with Gasteiger partial charge in [-0.05, 0) is 59.7 Å². The van der Waals surface area contributed by atoms with Gasteiger partial charge in [-0.3, -0.25) is 9.78 Å². The molecule has 40 heavy (non-hydrogen) atoms. The number of benzene rings is 2. The van der Waals surface area contributed by atoms with Crippen molar-refractivity contribution in [3.63, 3.8) is 0 Å². The Morgan fingerprint density at radius 2 is 1.75 bits per heavy atom. The van der Waals surface area contributed by atoms with E-state index in [4.69, 9.17) is 5.10 Å². The van der Waals surface area contributed by atoms with Gasteiger partial charge in [0.25, 0.3) is 5.91 Å². The van der Waals surface area contributed by atoms with E-state index in [9.17, 15) is 13.2 Å². The summed E-state index contributed by atoms with van der Waals surface area (Å²) in [7, 11) is -1.54. The smallest absolute Gasteiger partial charge is 0.274 e. The molecule has 0 N–H and O–H groups in total. The monoisotopic (exact) mass is 682 g/mol. The zero-order valence-corrected chi connectivity index (χ0v) is 25.8. The zero-order chi connectivity index (χ0) is 28.3. The van der Waals surface area contributed by atoms with Crippen molar-refractivity contribution >= 4 is 49.7 Å². The van der Waals surface area contributed by atoms with Crippen LogP contribution < -0.4 is 0 Å². The van der Waals surface area contributed by atoms with Crippen LogP contribution in [0.15, 0.2) is 96.0 Å². The van der Waals surface area contributed by atoms with E-state index in [1.165, 1.54) is 17.6 Å². The van der Waals surface area contributed by atoms with Crippen molar-refractivity contribution in [2.45, 2.75) is 15.7 Å². The highest BCUT2D eigenvalue weighted by atomic mass is 127. The standard InChI is InChI=1S/C30H27IN4O3S2/c1-34(17-15-23-10-5-6-16-32-23)30(36)25-19-27(35(33-25)26-12-4-3-8-22(26)20-31)29-14-13-28(39-29)21-9-7-11-24(18-21)40(2,37)38/h3-14,16,18-19H,15,17,20H2,1-2H3. The maximum absolute atomic E-state index is 13.5. The van der Waals surface area contributed by atoms with Crippen LogP contribution in [-0.4, -0.2) is 53.8 Å². The highest BCUT2D eigenvalue weighted by Gasteiger charge is 2.22. The molecule has 0 aliphatic heterocycles. The molecule has 0 unspecified atom stereocenters. The van der Waals surface area contributed by atoms with Crippen molar-refractivity contribution in [3.05, 3.63) is 108 Å². The average molecular weight is 683 g/mol. The molecule has 10 heteroatoms. The van der Waals surface area contributed by atoms with Crippen LogP contribution in [0.4, 0.5) is 0 Å². The molecule has 0 spiro atoms. The van der Waals surface area contributed by atoms with E-state index in [-0.39, 0.29) is 10.8 Å². The van der Waals surface area contributed by atoms with Gasteiger partial charge in [-0.2, -0.15) is 5.10 Å². The van der Waals surface area contributed by atoms with Crippen LogP contribution in [-0.2, 0) is 20.7 Å². The van der Waals surface area contributed by atoms with Crippen LogP contribution in [0.5, 0.6) is 0 Å². The number of para-hydroxylation sites is 1. The Hall–Kier alpha value is -3.35. The second kappa shape index (κ2) is 12.0. The van der Waals surface area contributed by atoms with Gasteiger partial charge in [0.05, 0.1) is 21.2 Å². The molecule has 5 aromatic rings. The minimum Gasteiger partial charge on any atom is -0.340 e. The highest BCUT2D eigenvalue weighted by molar-refractivity contribution is 14.1. The number of nitrogens with zero attached hydrogens (tertiary/aromatic N) is 4. The topological polar surface area (TPSA) is 85.2 Å². The first kappa shape index (κ1) is 28.2. The molecule has 3 heterocycles. The lowest BCUT2D eigenvalue weighted by Gasteiger charge is -2.15. The fraction of sp³-hybridized carbons (Fsp3) is 0.167. The first-order valence-corrected chi connectivity index (χ1v) is 16.8. The number of sulfone groups is 1. The molecule has 0 saturated heterocycles. The Labute approximate surface area is 251 Å². The predicted octanol–water partition coefficient (Wildman–Crippen LogP) is 6.32. The average Bonchev–Trinajstić information content (AvgIpc) is 3.64. The summed E-state index contributed by atoms with van der Waals surface area (Å²) in [6.45, 7) is 0.516. The van der Waals surface area contributed by atoms with Crippen LogP contribution in [0.1, 0.15) is 21.7 Å². The number of alkyl halides is 1. The lowest BCUT2D eigenvalue weighted by molar-refractivity contribution is 0.0790. The molecule has 2 aromatic carbocycles. The molecule has 0 aliphatic carbocycles. The van der Waals surface area contributed by atoms with Crippen molar-refractivity contribution in [2.24, 2.45) is 0 Å². The predicted molar refractivity (Wildman–Crippen MR) is 168 cm³/mol. The van der Waals surface area contributed by atoms with Crippen LogP contribution in [0.3, 0.4) is 0 Å². The Bertz CT molecular complexity index is 1760. The van der Waals surface area contributed by atoms with E-state index in [1.807, 2.05) is 65.3 Å². The molecule has 1 amide bonds. The number of carbonyl (C=O) groups is 1. The molecular weight excluding hydrogens is 655 g/mol. The number of likely N-dealkylation sites (N-methyl/N-ethyl adjacent to an activating group) is 1. The van der Waals surface area contributed by atoms with Gasteiger partial charge >= 0.3 is 0 Å². The van der Waals surface area contributed by atoms with E-state index in [1.54, 1.807) is 36.3 Å². The Balaban J connectivity index is 1.52. The van der Waals surface area contributed by atoms with Gasteiger partial charge in [-0.15, -0.1) is 11.3 Å². The minimum absolute atomic E-state index is 0.166. The summed E-state index contributed by atoms with van der Waals surface area (Å²) in [5, 5.41) is 4.80. The SMILES string of the molecule is CN(CCc1ccccn1)C(=O)c1cc(-c2ccc(-c3cccc(S(C)(=O)=O)c3)s2)n(-c2ccccc2CI)n1. The van der Waals surface area contributed by atoms with Crippen LogP contribution >= 0.6 is 33.9 Å². The first-order chi connectivity index (χ1) is 19.2. The summed E-state index contributed by atoms with van der Waals surface area (Å²) >= 11 is 3.86. The van der Waals surface area contributed by atoms with Crippen molar-refractivity contribution < 1.29 is 13.2 Å². The highest BCUT2D eigenvalue weighted by Crippen LogP contribution is 2.37. The van der Waals surface area contributed by atoms with Gasteiger partial charge in [0.15, 0.2) is 15.5 Å². The number of hydrogen-bond donors (Lipinski definition) is 0. The van der Waals surface area contributed by atoms with Gasteiger partial charge in [0.2, 0.25) is 0 Å². The van der Waals surface area contributed by atoms with Crippen LogP contribution in [0.2, 0.25) is 0 Å². The molecule has 0 radical (unpaired) electrons. The number of halogens is 1. The molecule has 0 aliphatic rings. The third-order valence-electron chi connectivity index (χ3n) is 6.47. The summed E-state index contributed by atoms with van der Waals surface area (Å²) in [5.41, 5.74) is 4.92. The van der Waals surface area contributed by atoms with Gasteiger partial charge in [0.1, 0.15) is 0 Å². The fourth-order valence-corrected chi connectivity index (χ4v) is 6.63.